The molecule has 2 fully saturated rings. The van der Waals surface area contributed by atoms with Crippen molar-refractivity contribution in [2.45, 2.75) is 69.7 Å². The highest BCUT2D eigenvalue weighted by Crippen LogP contribution is 2.29. The van der Waals surface area contributed by atoms with E-state index in [2.05, 4.69) is 42.1 Å². The Bertz CT molecular complexity index is 257. The summed E-state index contributed by atoms with van der Waals surface area (Å²) in [5, 5.41) is 4.85. The monoisotopic (exact) mass is 284 g/mol. The van der Waals surface area contributed by atoms with Crippen LogP contribution in [0.2, 0.25) is 0 Å². The van der Waals surface area contributed by atoms with Gasteiger partial charge < -0.3 is 10.2 Å². The molecule has 1 heterocycles. The third-order valence-electron chi connectivity index (χ3n) is 5.01. The van der Waals surface area contributed by atoms with Crippen LogP contribution in [0, 0.1) is 5.92 Å². The fourth-order valence-electron chi connectivity index (χ4n) is 3.83. The van der Waals surface area contributed by atoms with Crippen LogP contribution in [-0.2, 0) is 0 Å². The van der Waals surface area contributed by atoms with E-state index < -0.39 is 0 Å². The van der Waals surface area contributed by atoms with Crippen molar-refractivity contribution in [1.82, 2.24) is 10.2 Å². The quantitative estimate of drug-likeness (QED) is 0.805. The van der Waals surface area contributed by atoms with Crippen molar-refractivity contribution < 1.29 is 0 Å². The first-order valence-electron chi connectivity index (χ1n) is 8.24. The summed E-state index contributed by atoms with van der Waals surface area (Å²) in [7, 11) is 0. The largest absolute Gasteiger partial charge is 0.311 e. The molecule has 2 rings (SSSR count). The molecular formula is C16H32N2S. The standard InChI is InChI=1S/C16H32N2S/c1-4-9-18-10-5-6-14(12-18)13(2)17-15-7-8-16(11-15)19-3/h13-17H,4-12H2,1-3H3. The van der Waals surface area contributed by atoms with Crippen LogP contribution in [-0.4, -0.2) is 48.1 Å². The van der Waals surface area contributed by atoms with Crippen LogP contribution < -0.4 is 5.32 Å². The smallest absolute Gasteiger partial charge is 0.00818 e. The number of nitrogens with zero attached hydrogens (tertiary/aromatic N) is 1. The van der Waals surface area contributed by atoms with Crippen LogP contribution in [0.4, 0.5) is 0 Å². The summed E-state index contributed by atoms with van der Waals surface area (Å²) in [6.07, 6.45) is 10.6. The summed E-state index contributed by atoms with van der Waals surface area (Å²) in [5.41, 5.74) is 0. The van der Waals surface area contributed by atoms with E-state index in [1.54, 1.807) is 0 Å². The number of nitrogens with one attached hydrogen (secondary N) is 1. The Morgan fingerprint density at radius 2 is 2.16 bits per heavy atom. The van der Waals surface area contributed by atoms with Gasteiger partial charge in [0, 0.05) is 23.9 Å². The zero-order chi connectivity index (χ0) is 13.7. The Kier molecular flexibility index (Phi) is 6.51. The first-order valence-corrected chi connectivity index (χ1v) is 9.53. The minimum absolute atomic E-state index is 0.699. The highest BCUT2D eigenvalue weighted by atomic mass is 32.2. The molecule has 0 aromatic rings. The lowest BCUT2D eigenvalue weighted by Gasteiger charge is -2.37. The van der Waals surface area contributed by atoms with E-state index in [1.165, 1.54) is 58.2 Å². The molecule has 3 heteroatoms. The normalized spacial score (nSPS) is 34.6. The molecule has 2 nitrogen and oxygen atoms in total. The predicted molar refractivity (Wildman–Crippen MR) is 87.0 cm³/mol. The maximum absolute atomic E-state index is 3.94. The number of thioether (sulfide) groups is 1. The molecule has 0 amide bonds. The lowest BCUT2D eigenvalue weighted by atomic mass is 9.91. The molecular weight excluding hydrogens is 252 g/mol. The average molecular weight is 285 g/mol. The van der Waals surface area contributed by atoms with Gasteiger partial charge in [0.2, 0.25) is 0 Å². The second-order valence-electron chi connectivity index (χ2n) is 6.53. The van der Waals surface area contributed by atoms with E-state index in [1.807, 2.05) is 0 Å². The maximum Gasteiger partial charge on any atom is 0.00818 e. The Morgan fingerprint density at radius 1 is 1.32 bits per heavy atom. The fraction of sp³-hybridized carbons (Fsp3) is 1.00. The average Bonchev–Trinajstić information content (AvgIpc) is 2.87. The van der Waals surface area contributed by atoms with Crippen molar-refractivity contribution in [1.29, 1.82) is 0 Å². The van der Waals surface area contributed by atoms with Crippen LogP contribution in [0.15, 0.2) is 0 Å². The number of likely N-dealkylation sites (tertiary alicyclic amines) is 1. The van der Waals surface area contributed by atoms with Crippen molar-refractivity contribution >= 4 is 11.8 Å². The van der Waals surface area contributed by atoms with E-state index in [9.17, 15) is 0 Å². The van der Waals surface area contributed by atoms with E-state index >= 15 is 0 Å². The van der Waals surface area contributed by atoms with Gasteiger partial charge in [0.1, 0.15) is 0 Å². The second-order valence-corrected chi connectivity index (χ2v) is 7.66. The first kappa shape index (κ1) is 15.7. The Labute approximate surface area is 124 Å². The van der Waals surface area contributed by atoms with Crippen LogP contribution in [0.25, 0.3) is 0 Å². The van der Waals surface area contributed by atoms with Gasteiger partial charge in [-0.25, -0.2) is 0 Å². The van der Waals surface area contributed by atoms with Crippen LogP contribution in [0.1, 0.15) is 52.4 Å². The van der Waals surface area contributed by atoms with Crippen LogP contribution in [0.3, 0.4) is 0 Å². The molecule has 0 spiro atoms. The van der Waals surface area contributed by atoms with E-state index in [-0.39, 0.29) is 0 Å². The van der Waals surface area contributed by atoms with Gasteiger partial charge in [0.15, 0.2) is 0 Å². The van der Waals surface area contributed by atoms with Crippen LogP contribution in [0.5, 0.6) is 0 Å². The third-order valence-corrected chi connectivity index (χ3v) is 6.10. The Morgan fingerprint density at radius 3 is 2.84 bits per heavy atom. The lowest BCUT2D eigenvalue weighted by molar-refractivity contribution is 0.147. The van der Waals surface area contributed by atoms with Gasteiger partial charge in [0.05, 0.1) is 0 Å². The second kappa shape index (κ2) is 7.90. The molecule has 4 unspecified atom stereocenters. The minimum atomic E-state index is 0.699. The van der Waals surface area contributed by atoms with Crippen LogP contribution >= 0.6 is 11.8 Å². The molecule has 0 bridgehead atoms. The molecule has 1 aliphatic carbocycles. The van der Waals surface area contributed by atoms with Gasteiger partial charge in [-0.15, -0.1) is 0 Å². The summed E-state index contributed by atoms with van der Waals surface area (Å²) in [5.74, 6) is 0.869. The number of hydrogen-bond donors (Lipinski definition) is 1. The van der Waals surface area contributed by atoms with Crippen molar-refractivity contribution in [3.63, 3.8) is 0 Å². The predicted octanol–water partition coefficient (Wildman–Crippen LogP) is 3.37. The molecule has 0 aromatic carbocycles. The molecule has 1 saturated carbocycles. The number of piperidine rings is 1. The van der Waals surface area contributed by atoms with Gasteiger partial charge in [0.25, 0.3) is 0 Å². The Balaban J connectivity index is 1.74. The highest BCUT2D eigenvalue weighted by Gasteiger charge is 2.29. The minimum Gasteiger partial charge on any atom is -0.311 e. The highest BCUT2D eigenvalue weighted by molar-refractivity contribution is 7.99. The molecule has 112 valence electrons. The maximum atomic E-state index is 3.94. The summed E-state index contributed by atoms with van der Waals surface area (Å²) in [4.78, 5) is 2.67. The molecule has 0 radical (unpaired) electrons. The molecule has 19 heavy (non-hydrogen) atoms. The summed E-state index contributed by atoms with van der Waals surface area (Å²) < 4.78 is 0. The van der Waals surface area contributed by atoms with Gasteiger partial charge in [-0.05, 0) is 70.7 Å². The van der Waals surface area contributed by atoms with Gasteiger partial charge >= 0.3 is 0 Å². The zero-order valence-corrected chi connectivity index (χ0v) is 13.8. The molecule has 2 aliphatic rings. The van der Waals surface area contributed by atoms with Gasteiger partial charge in [-0.2, -0.15) is 11.8 Å². The summed E-state index contributed by atoms with van der Waals surface area (Å²) in [6, 6.07) is 1.49. The van der Waals surface area contributed by atoms with Crippen molar-refractivity contribution in [3.05, 3.63) is 0 Å². The zero-order valence-electron chi connectivity index (χ0n) is 13.0. The van der Waals surface area contributed by atoms with Crippen molar-refractivity contribution in [2.75, 3.05) is 25.9 Å². The molecule has 4 atom stereocenters. The fourth-order valence-corrected chi connectivity index (χ4v) is 4.63. The molecule has 1 N–H and O–H groups in total. The van der Waals surface area contributed by atoms with Gasteiger partial charge in [-0.1, -0.05) is 6.92 Å². The summed E-state index contributed by atoms with van der Waals surface area (Å²) in [6.45, 7) is 8.66. The Hall–Kier alpha value is 0.270. The van der Waals surface area contributed by atoms with E-state index in [4.69, 9.17) is 0 Å². The van der Waals surface area contributed by atoms with Crippen molar-refractivity contribution in [2.24, 2.45) is 5.92 Å². The van der Waals surface area contributed by atoms with Gasteiger partial charge in [-0.3, -0.25) is 0 Å². The molecule has 1 aliphatic heterocycles. The number of rotatable bonds is 6. The third kappa shape index (κ3) is 4.64. The van der Waals surface area contributed by atoms with E-state index in [0.29, 0.717) is 6.04 Å². The number of hydrogen-bond acceptors (Lipinski definition) is 3. The lowest BCUT2D eigenvalue weighted by Crippen LogP contribution is -2.47. The topological polar surface area (TPSA) is 15.3 Å². The van der Waals surface area contributed by atoms with Crippen molar-refractivity contribution in [3.8, 4) is 0 Å². The first-order chi connectivity index (χ1) is 9.22. The van der Waals surface area contributed by atoms with E-state index in [0.717, 1.165) is 17.2 Å². The SMILES string of the molecule is CCCN1CCCC(C(C)NC2CCC(SC)C2)C1. The molecule has 0 aromatic heterocycles. The molecule has 1 saturated heterocycles. The summed E-state index contributed by atoms with van der Waals surface area (Å²) >= 11 is 2.06.